The largest absolute Gasteiger partial charge is 0.385 e. The van der Waals surface area contributed by atoms with Gasteiger partial charge in [0.1, 0.15) is 0 Å². The van der Waals surface area contributed by atoms with Gasteiger partial charge in [-0.1, -0.05) is 25.7 Å². The van der Waals surface area contributed by atoms with Gasteiger partial charge in [-0.05, 0) is 37.5 Å². The molecule has 0 unspecified atom stereocenters. The Morgan fingerprint density at radius 3 is 2.35 bits per heavy atom. The highest BCUT2D eigenvalue weighted by Gasteiger charge is 2.33. The molecule has 0 radical (unpaired) electrons. The van der Waals surface area contributed by atoms with E-state index >= 15 is 0 Å². The summed E-state index contributed by atoms with van der Waals surface area (Å²) in [4.78, 5) is 7.05. The van der Waals surface area contributed by atoms with Crippen molar-refractivity contribution in [2.24, 2.45) is 16.1 Å². The Bertz CT molecular complexity index is 303. The van der Waals surface area contributed by atoms with Crippen LogP contribution in [0.4, 0.5) is 0 Å². The number of methoxy groups -OCH3 is 1. The van der Waals surface area contributed by atoms with Crippen molar-refractivity contribution in [3.63, 3.8) is 0 Å². The first-order valence-corrected chi connectivity index (χ1v) is 8.30. The van der Waals surface area contributed by atoms with Gasteiger partial charge in [0.15, 0.2) is 5.96 Å². The second kappa shape index (κ2) is 7.87. The molecule has 2 fully saturated rings. The molecule has 0 aromatic heterocycles. The van der Waals surface area contributed by atoms with Crippen LogP contribution in [0.25, 0.3) is 0 Å². The van der Waals surface area contributed by atoms with Gasteiger partial charge in [0.2, 0.25) is 0 Å². The van der Waals surface area contributed by atoms with Crippen molar-refractivity contribution in [3.8, 4) is 0 Å². The highest BCUT2D eigenvalue weighted by Crippen LogP contribution is 2.41. The summed E-state index contributed by atoms with van der Waals surface area (Å²) in [7, 11) is 1.79. The fraction of sp³-hybridized carbons (Fsp3) is 0.938. The average Bonchev–Trinajstić information content (AvgIpc) is 2.76. The lowest BCUT2D eigenvalue weighted by atomic mass is 9.83. The molecule has 4 heteroatoms. The molecule has 0 atom stereocenters. The zero-order valence-corrected chi connectivity index (χ0v) is 13.1. The Balaban J connectivity index is 1.90. The number of rotatable bonds is 5. The highest BCUT2D eigenvalue weighted by molar-refractivity contribution is 5.78. The third kappa shape index (κ3) is 4.37. The van der Waals surface area contributed by atoms with E-state index in [9.17, 15) is 0 Å². The van der Waals surface area contributed by atoms with Gasteiger partial charge in [0, 0.05) is 33.4 Å². The van der Waals surface area contributed by atoms with Gasteiger partial charge in [0.05, 0.1) is 0 Å². The van der Waals surface area contributed by atoms with E-state index in [0.29, 0.717) is 5.41 Å². The monoisotopic (exact) mass is 281 g/mol. The number of likely N-dealkylation sites (tertiary alicyclic amines) is 1. The summed E-state index contributed by atoms with van der Waals surface area (Å²) in [5, 5.41) is 0. The van der Waals surface area contributed by atoms with Crippen LogP contribution >= 0.6 is 0 Å². The normalized spacial score (nSPS) is 23.9. The summed E-state index contributed by atoms with van der Waals surface area (Å²) in [6.45, 7) is 3.90. The molecule has 0 spiro atoms. The van der Waals surface area contributed by atoms with Gasteiger partial charge in [-0.25, -0.2) is 0 Å². The predicted molar refractivity (Wildman–Crippen MR) is 83.9 cm³/mol. The first kappa shape index (κ1) is 15.6. The van der Waals surface area contributed by atoms with Crippen LogP contribution in [-0.4, -0.2) is 44.2 Å². The van der Waals surface area contributed by atoms with Crippen LogP contribution < -0.4 is 5.73 Å². The number of hydrogen-bond donors (Lipinski definition) is 1. The predicted octanol–water partition coefficient (Wildman–Crippen LogP) is 2.77. The highest BCUT2D eigenvalue weighted by atomic mass is 16.5. The molecule has 4 nitrogen and oxygen atoms in total. The maximum absolute atomic E-state index is 6.23. The van der Waals surface area contributed by atoms with Crippen molar-refractivity contribution in [3.05, 3.63) is 0 Å². The van der Waals surface area contributed by atoms with Gasteiger partial charge in [0.25, 0.3) is 0 Å². The summed E-state index contributed by atoms with van der Waals surface area (Å²) < 4.78 is 5.28. The van der Waals surface area contributed by atoms with Crippen LogP contribution in [0.2, 0.25) is 0 Å². The maximum Gasteiger partial charge on any atom is 0.191 e. The maximum atomic E-state index is 6.23. The summed E-state index contributed by atoms with van der Waals surface area (Å²) >= 11 is 0. The zero-order chi connectivity index (χ0) is 14.3. The Morgan fingerprint density at radius 2 is 1.75 bits per heavy atom. The molecule has 116 valence electrons. The third-order valence-corrected chi connectivity index (χ3v) is 5.01. The van der Waals surface area contributed by atoms with E-state index in [1.807, 2.05) is 0 Å². The van der Waals surface area contributed by atoms with Gasteiger partial charge in [-0.15, -0.1) is 0 Å². The van der Waals surface area contributed by atoms with E-state index in [4.69, 9.17) is 15.5 Å². The van der Waals surface area contributed by atoms with Crippen LogP contribution in [-0.2, 0) is 4.74 Å². The molecule has 1 saturated heterocycles. The Kier molecular flexibility index (Phi) is 6.14. The molecule has 0 aromatic rings. The van der Waals surface area contributed by atoms with Crippen LogP contribution in [0.3, 0.4) is 0 Å². The van der Waals surface area contributed by atoms with Crippen molar-refractivity contribution in [1.82, 2.24) is 4.90 Å². The molecule has 1 heterocycles. The second-order valence-electron chi connectivity index (χ2n) is 6.53. The van der Waals surface area contributed by atoms with E-state index in [2.05, 4.69) is 4.90 Å². The SMILES string of the molecule is COCCC1(CN=C(N)N2CCCCCC2)CCCC1. The summed E-state index contributed by atoms with van der Waals surface area (Å²) in [6, 6.07) is 0. The van der Waals surface area contributed by atoms with Gasteiger partial charge < -0.3 is 15.4 Å². The molecular formula is C16H31N3O. The molecule has 1 saturated carbocycles. The minimum atomic E-state index is 0.354. The smallest absolute Gasteiger partial charge is 0.191 e. The fourth-order valence-electron chi connectivity index (χ4n) is 3.58. The summed E-state index contributed by atoms with van der Waals surface area (Å²) in [5.74, 6) is 0.774. The van der Waals surface area contributed by atoms with E-state index < -0.39 is 0 Å². The first-order valence-electron chi connectivity index (χ1n) is 8.30. The third-order valence-electron chi connectivity index (χ3n) is 5.01. The number of hydrogen-bond acceptors (Lipinski definition) is 2. The van der Waals surface area contributed by atoms with Crippen LogP contribution in [0.15, 0.2) is 4.99 Å². The fourth-order valence-corrected chi connectivity index (χ4v) is 3.58. The molecule has 0 bridgehead atoms. The Morgan fingerprint density at radius 1 is 1.10 bits per heavy atom. The molecule has 2 N–H and O–H groups in total. The van der Waals surface area contributed by atoms with Crippen LogP contribution in [0.1, 0.15) is 57.8 Å². The minimum Gasteiger partial charge on any atom is -0.385 e. The number of nitrogens with two attached hydrogens (primary N) is 1. The lowest BCUT2D eigenvalue weighted by Crippen LogP contribution is -2.39. The second-order valence-corrected chi connectivity index (χ2v) is 6.53. The zero-order valence-electron chi connectivity index (χ0n) is 13.1. The average molecular weight is 281 g/mol. The summed E-state index contributed by atoms with van der Waals surface area (Å²) in [6.07, 6.45) is 11.5. The van der Waals surface area contributed by atoms with Crippen molar-refractivity contribution in [1.29, 1.82) is 0 Å². The standard InChI is InChI=1S/C16H31N3O/c1-20-13-10-16(8-4-5-9-16)14-18-15(17)19-11-6-2-3-7-12-19/h2-14H2,1H3,(H2,17,18). The first-order chi connectivity index (χ1) is 9.76. The lowest BCUT2D eigenvalue weighted by Gasteiger charge is -2.28. The number of ether oxygens (including phenoxy) is 1. The van der Waals surface area contributed by atoms with Crippen molar-refractivity contribution in [2.45, 2.75) is 57.8 Å². The van der Waals surface area contributed by atoms with E-state index in [0.717, 1.165) is 38.6 Å². The van der Waals surface area contributed by atoms with E-state index in [1.165, 1.54) is 51.4 Å². The molecule has 2 aliphatic rings. The topological polar surface area (TPSA) is 50.9 Å². The van der Waals surface area contributed by atoms with Crippen molar-refractivity contribution in [2.75, 3.05) is 33.4 Å². The Labute approximate surface area is 123 Å². The van der Waals surface area contributed by atoms with Gasteiger partial charge in [-0.2, -0.15) is 0 Å². The molecule has 1 aliphatic carbocycles. The minimum absolute atomic E-state index is 0.354. The van der Waals surface area contributed by atoms with Crippen LogP contribution in [0, 0.1) is 5.41 Å². The molecule has 20 heavy (non-hydrogen) atoms. The molecule has 1 aliphatic heterocycles. The number of guanidine groups is 1. The van der Waals surface area contributed by atoms with E-state index in [-0.39, 0.29) is 0 Å². The van der Waals surface area contributed by atoms with E-state index in [1.54, 1.807) is 7.11 Å². The molecule has 2 rings (SSSR count). The van der Waals surface area contributed by atoms with Crippen molar-refractivity contribution < 1.29 is 4.74 Å². The molecule has 0 aromatic carbocycles. The lowest BCUT2D eigenvalue weighted by molar-refractivity contribution is 0.141. The quantitative estimate of drug-likeness (QED) is 0.623. The van der Waals surface area contributed by atoms with Gasteiger partial charge >= 0.3 is 0 Å². The van der Waals surface area contributed by atoms with Gasteiger partial charge in [-0.3, -0.25) is 4.99 Å². The Hall–Kier alpha value is -0.770. The molecule has 0 amide bonds. The summed E-state index contributed by atoms with van der Waals surface area (Å²) in [5.41, 5.74) is 6.58. The number of nitrogens with zero attached hydrogens (tertiary/aromatic N) is 2. The number of aliphatic imine (C=N–C) groups is 1. The van der Waals surface area contributed by atoms with Crippen LogP contribution in [0.5, 0.6) is 0 Å². The van der Waals surface area contributed by atoms with Crippen molar-refractivity contribution >= 4 is 5.96 Å². The molecular weight excluding hydrogens is 250 g/mol.